The standard InChI is InChI=1S/C12H18N2O2.ClH/c1-8-7-14(9(2)6-13-8)12(15)11-4-5-16-10(11)3;/h4-5,8-9,13H,6-7H2,1-3H3;1H. The van der Waals surface area contributed by atoms with Crippen LogP contribution in [0.3, 0.4) is 0 Å². The fraction of sp³-hybridized carbons (Fsp3) is 0.583. The molecule has 1 aromatic heterocycles. The van der Waals surface area contributed by atoms with Crippen molar-refractivity contribution in [3.05, 3.63) is 23.7 Å². The lowest BCUT2D eigenvalue weighted by atomic mass is 10.1. The lowest BCUT2D eigenvalue weighted by Gasteiger charge is -2.37. The molecule has 1 aliphatic rings. The number of rotatable bonds is 1. The summed E-state index contributed by atoms with van der Waals surface area (Å²) in [5, 5.41) is 3.36. The molecule has 1 amide bonds. The highest BCUT2D eigenvalue weighted by Crippen LogP contribution is 2.16. The summed E-state index contributed by atoms with van der Waals surface area (Å²) in [5.41, 5.74) is 0.681. The first-order valence-corrected chi connectivity index (χ1v) is 5.68. The largest absolute Gasteiger partial charge is 0.469 e. The Morgan fingerprint density at radius 2 is 2.24 bits per heavy atom. The van der Waals surface area contributed by atoms with Crippen LogP contribution in [0, 0.1) is 6.92 Å². The Balaban J connectivity index is 0.00000144. The quantitative estimate of drug-likeness (QED) is 0.836. The molecule has 5 heteroatoms. The van der Waals surface area contributed by atoms with Gasteiger partial charge in [0.05, 0.1) is 11.8 Å². The molecule has 1 aliphatic heterocycles. The molecule has 17 heavy (non-hydrogen) atoms. The Morgan fingerprint density at radius 1 is 1.53 bits per heavy atom. The number of nitrogens with one attached hydrogen (secondary N) is 1. The molecule has 0 radical (unpaired) electrons. The van der Waals surface area contributed by atoms with Gasteiger partial charge in [0.1, 0.15) is 5.76 Å². The summed E-state index contributed by atoms with van der Waals surface area (Å²) < 4.78 is 5.18. The van der Waals surface area contributed by atoms with Crippen molar-refractivity contribution < 1.29 is 9.21 Å². The highest BCUT2D eigenvalue weighted by Gasteiger charge is 2.28. The molecule has 0 saturated carbocycles. The summed E-state index contributed by atoms with van der Waals surface area (Å²) in [6, 6.07) is 2.34. The van der Waals surface area contributed by atoms with Gasteiger partial charge in [-0.3, -0.25) is 4.79 Å². The number of piperazine rings is 1. The number of hydrogen-bond donors (Lipinski definition) is 1. The maximum atomic E-state index is 12.3. The van der Waals surface area contributed by atoms with Crippen molar-refractivity contribution >= 4 is 18.3 Å². The molecule has 1 fully saturated rings. The number of nitrogens with zero attached hydrogens (tertiary/aromatic N) is 1. The number of carbonyl (C=O) groups is 1. The lowest BCUT2D eigenvalue weighted by Crippen LogP contribution is -2.56. The van der Waals surface area contributed by atoms with Crippen molar-refractivity contribution in [2.24, 2.45) is 0 Å². The molecular formula is C12H19ClN2O2. The Morgan fingerprint density at radius 3 is 2.82 bits per heavy atom. The van der Waals surface area contributed by atoms with E-state index in [2.05, 4.69) is 19.2 Å². The van der Waals surface area contributed by atoms with Crippen molar-refractivity contribution in [3.8, 4) is 0 Å². The molecule has 1 N–H and O–H groups in total. The van der Waals surface area contributed by atoms with E-state index in [4.69, 9.17) is 4.42 Å². The molecule has 0 bridgehead atoms. The summed E-state index contributed by atoms with van der Waals surface area (Å²) >= 11 is 0. The summed E-state index contributed by atoms with van der Waals surface area (Å²) in [7, 11) is 0. The Hall–Kier alpha value is -1.00. The van der Waals surface area contributed by atoms with Gasteiger partial charge in [0, 0.05) is 25.2 Å². The van der Waals surface area contributed by atoms with Crippen LogP contribution in [-0.2, 0) is 0 Å². The van der Waals surface area contributed by atoms with Gasteiger partial charge in [0.2, 0.25) is 0 Å². The van der Waals surface area contributed by atoms with Gasteiger partial charge in [-0.1, -0.05) is 0 Å². The predicted octanol–water partition coefficient (Wildman–Crippen LogP) is 1.83. The Bertz CT molecular complexity index is 392. The molecule has 2 heterocycles. The smallest absolute Gasteiger partial charge is 0.257 e. The van der Waals surface area contributed by atoms with Crippen molar-refractivity contribution in [3.63, 3.8) is 0 Å². The van der Waals surface area contributed by atoms with Gasteiger partial charge in [-0.05, 0) is 26.8 Å². The predicted molar refractivity (Wildman–Crippen MR) is 68.7 cm³/mol. The number of halogens is 1. The van der Waals surface area contributed by atoms with Gasteiger partial charge in [-0.15, -0.1) is 12.4 Å². The van der Waals surface area contributed by atoms with Gasteiger partial charge >= 0.3 is 0 Å². The minimum absolute atomic E-state index is 0. The van der Waals surface area contributed by atoms with E-state index in [9.17, 15) is 4.79 Å². The minimum Gasteiger partial charge on any atom is -0.469 e. The van der Waals surface area contributed by atoms with Crippen LogP contribution in [0.4, 0.5) is 0 Å². The third kappa shape index (κ3) is 2.82. The fourth-order valence-electron chi connectivity index (χ4n) is 2.07. The Labute approximate surface area is 108 Å². The summed E-state index contributed by atoms with van der Waals surface area (Å²) in [4.78, 5) is 14.2. The van der Waals surface area contributed by atoms with Crippen LogP contribution in [0.1, 0.15) is 30.0 Å². The molecule has 1 aromatic rings. The maximum absolute atomic E-state index is 12.3. The molecule has 0 spiro atoms. The van der Waals surface area contributed by atoms with Gasteiger partial charge in [0.25, 0.3) is 5.91 Å². The lowest BCUT2D eigenvalue weighted by molar-refractivity contribution is 0.0614. The molecule has 1 saturated heterocycles. The molecule has 0 aromatic carbocycles. The first kappa shape index (κ1) is 14.1. The maximum Gasteiger partial charge on any atom is 0.257 e. The SMILES string of the molecule is Cc1occc1C(=O)N1CC(C)NCC1C.Cl. The van der Waals surface area contributed by atoms with Crippen molar-refractivity contribution in [1.82, 2.24) is 10.2 Å². The van der Waals surface area contributed by atoms with Gasteiger partial charge in [-0.25, -0.2) is 0 Å². The highest BCUT2D eigenvalue weighted by atomic mass is 35.5. The second-order valence-corrected chi connectivity index (χ2v) is 4.51. The first-order valence-electron chi connectivity index (χ1n) is 5.68. The van der Waals surface area contributed by atoms with Gasteiger partial charge < -0.3 is 14.6 Å². The molecule has 4 nitrogen and oxygen atoms in total. The van der Waals surface area contributed by atoms with E-state index in [0.29, 0.717) is 17.4 Å². The molecule has 2 atom stereocenters. The van der Waals surface area contributed by atoms with Crippen LogP contribution >= 0.6 is 12.4 Å². The summed E-state index contributed by atoms with van der Waals surface area (Å²) in [6.07, 6.45) is 1.57. The summed E-state index contributed by atoms with van der Waals surface area (Å²) in [5.74, 6) is 0.774. The number of aryl methyl sites for hydroxylation is 1. The van der Waals surface area contributed by atoms with Crippen LogP contribution in [-0.4, -0.2) is 36.0 Å². The average Bonchev–Trinajstić information content (AvgIpc) is 2.67. The van der Waals surface area contributed by atoms with E-state index in [1.165, 1.54) is 0 Å². The molecular weight excluding hydrogens is 240 g/mol. The van der Waals surface area contributed by atoms with Crippen LogP contribution in [0.5, 0.6) is 0 Å². The van der Waals surface area contributed by atoms with Crippen LogP contribution in [0.2, 0.25) is 0 Å². The zero-order valence-corrected chi connectivity index (χ0v) is 11.2. The fourth-order valence-corrected chi connectivity index (χ4v) is 2.07. The van der Waals surface area contributed by atoms with Crippen LogP contribution in [0.15, 0.2) is 16.7 Å². The minimum atomic E-state index is 0. The van der Waals surface area contributed by atoms with Crippen molar-refractivity contribution in [1.29, 1.82) is 0 Å². The molecule has 0 aliphatic carbocycles. The number of furan rings is 1. The van der Waals surface area contributed by atoms with E-state index in [1.54, 1.807) is 12.3 Å². The van der Waals surface area contributed by atoms with Crippen LogP contribution < -0.4 is 5.32 Å². The van der Waals surface area contributed by atoms with E-state index >= 15 is 0 Å². The van der Waals surface area contributed by atoms with E-state index in [-0.39, 0.29) is 24.4 Å². The van der Waals surface area contributed by atoms with Crippen molar-refractivity contribution in [2.45, 2.75) is 32.9 Å². The van der Waals surface area contributed by atoms with Gasteiger partial charge in [-0.2, -0.15) is 0 Å². The van der Waals surface area contributed by atoms with E-state index < -0.39 is 0 Å². The van der Waals surface area contributed by atoms with E-state index in [0.717, 1.165) is 13.1 Å². The van der Waals surface area contributed by atoms with Gasteiger partial charge in [0.15, 0.2) is 0 Å². The third-order valence-electron chi connectivity index (χ3n) is 3.11. The van der Waals surface area contributed by atoms with Crippen LogP contribution in [0.25, 0.3) is 0 Å². The number of hydrogen-bond acceptors (Lipinski definition) is 3. The second kappa shape index (κ2) is 5.56. The van der Waals surface area contributed by atoms with Crippen molar-refractivity contribution in [2.75, 3.05) is 13.1 Å². The number of carbonyl (C=O) groups excluding carboxylic acids is 1. The zero-order valence-electron chi connectivity index (χ0n) is 10.4. The normalized spacial score (nSPS) is 24.3. The monoisotopic (exact) mass is 258 g/mol. The Kier molecular flexibility index (Phi) is 4.60. The zero-order chi connectivity index (χ0) is 11.7. The van der Waals surface area contributed by atoms with E-state index in [1.807, 2.05) is 11.8 Å². The third-order valence-corrected chi connectivity index (χ3v) is 3.11. The summed E-state index contributed by atoms with van der Waals surface area (Å²) in [6.45, 7) is 7.58. The second-order valence-electron chi connectivity index (χ2n) is 4.51. The molecule has 2 unspecified atom stereocenters. The first-order chi connectivity index (χ1) is 7.59. The molecule has 96 valence electrons. The average molecular weight is 259 g/mol. The molecule has 2 rings (SSSR count). The number of amides is 1. The topological polar surface area (TPSA) is 45.5 Å². The highest BCUT2D eigenvalue weighted by molar-refractivity contribution is 5.95.